The van der Waals surface area contributed by atoms with E-state index >= 15 is 0 Å². The lowest BCUT2D eigenvalue weighted by Gasteiger charge is -2.35. The molecule has 0 saturated carbocycles. The maximum absolute atomic E-state index is 13.3. The van der Waals surface area contributed by atoms with Gasteiger partial charge in [0.25, 0.3) is 5.91 Å². The summed E-state index contributed by atoms with van der Waals surface area (Å²) >= 11 is 12.0. The summed E-state index contributed by atoms with van der Waals surface area (Å²) in [6.07, 6.45) is 4.05. The van der Waals surface area contributed by atoms with Crippen LogP contribution < -0.4 is 4.74 Å². The highest BCUT2D eigenvalue weighted by atomic mass is 35.5. The molecule has 2 amide bonds. The molecule has 36 heavy (non-hydrogen) atoms. The summed E-state index contributed by atoms with van der Waals surface area (Å²) in [6, 6.07) is 13.5. The largest absolute Gasteiger partial charge is 0.484 e. The number of carbonyl (C=O) groups is 2. The Morgan fingerprint density at radius 1 is 1.17 bits per heavy atom. The highest BCUT2D eigenvalue weighted by Gasteiger charge is 2.33. The molecule has 0 bridgehead atoms. The van der Waals surface area contributed by atoms with Crippen LogP contribution >= 0.6 is 23.2 Å². The maximum atomic E-state index is 13.3. The van der Waals surface area contributed by atoms with Gasteiger partial charge < -0.3 is 19.1 Å². The van der Waals surface area contributed by atoms with E-state index in [4.69, 9.17) is 32.5 Å². The van der Waals surface area contributed by atoms with Gasteiger partial charge in [0.05, 0.1) is 0 Å². The molecule has 1 atom stereocenters. The van der Waals surface area contributed by atoms with Gasteiger partial charge in [-0.2, -0.15) is 4.98 Å². The zero-order chi connectivity index (χ0) is 25.5. The first-order valence-corrected chi connectivity index (χ1v) is 12.4. The number of nitrogens with zero attached hydrogens (tertiary/aromatic N) is 4. The molecule has 1 aliphatic heterocycles. The van der Waals surface area contributed by atoms with Crippen LogP contribution in [0.1, 0.15) is 31.2 Å². The average molecular weight is 529 g/mol. The SMILES string of the molecule is C=CCN(CC(=O)N1CCCCC1c1nc(-c2cccc(Cl)c2)no1)C(=O)COc1ccc(Cl)cc1. The molecule has 4 rings (SSSR count). The lowest BCUT2D eigenvalue weighted by atomic mass is 10.0. The average Bonchev–Trinajstić information content (AvgIpc) is 3.38. The van der Waals surface area contributed by atoms with Gasteiger partial charge in [-0.1, -0.05) is 46.6 Å². The Balaban J connectivity index is 1.43. The van der Waals surface area contributed by atoms with Crippen molar-refractivity contribution < 1.29 is 18.8 Å². The molecule has 0 aliphatic carbocycles. The Morgan fingerprint density at radius 2 is 1.97 bits per heavy atom. The number of hydrogen-bond donors (Lipinski definition) is 0. The molecule has 1 aromatic heterocycles. The van der Waals surface area contributed by atoms with E-state index in [1.807, 2.05) is 12.1 Å². The Bertz CT molecular complexity index is 1210. The number of piperidine rings is 1. The van der Waals surface area contributed by atoms with E-state index in [1.165, 1.54) is 4.90 Å². The molecule has 0 spiro atoms. The molecule has 188 valence electrons. The summed E-state index contributed by atoms with van der Waals surface area (Å²) in [6.45, 7) is 4.15. The summed E-state index contributed by atoms with van der Waals surface area (Å²) in [5, 5.41) is 5.23. The summed E-state index contributed by atoms with van der Waals surface area (Å²) in [7, 11) is 0. The van der Waals surface area contributed by atoms with Crippen LogP contribution in [0.3, 0.4) is 0 Å². The molecule has 0 radical (unpaired) electrons. The number of likely N-dealkylation sites (tertiary alicyclic amines) is 1. The minimum atomic E-state index is -0.363. The van der Waals surface area contributed by atoms with E-state index in [1.54, 1.807) is 47.4 Å². The van der Waals surface area contributed by atoms with Crippen molar-refractivity contribution in [2.24, 2.45) is 0 Å². The smallest absolute Gasteiger partial charge is 0.261 e. The van der Waals surface area contributed by atoms with Crippen LogP contribution in [-0.4, -0.2) is 58.0 Å². The summed E-state index contributed by atoms with van der Waals surface area (Å²) < 4.78 is 11.1. The summed E-state index contributed by atoms with van der Waals surface area (Å²) in [5.74, 6) is 0.760. The first-order valence-electron chi connectivity index (χ1n) is 11.6. The predicted molar refractivity (Wildman–Crippen MR) is 137 cm³/mol. The normalized spacial score (nSPS) is 15.4. The second-order valence-electron chi connectivity index (χ2n) is 8.37. The van der Waals surface area contributed by atoms with Gasteiger partial charge in [0.1, 0.15) is 18.3 Å². The van der Waals surface area contributed by atoms with Crippen molar-refractivity contribution in [1.29, 1.82) is 0 Å². The van der Waals surface area contributed by atoms with Gasteiger partial charge in [-0.3, -0.25) is 9.59 Å². The topological polar surface area (TPSA) is 88.8 Å². The minimum Gasteiger partial charge on any atom is -0.484 e. The molecule has 1 aliphatic rings. The van der Waals surface area contributed by atoms with Crippen LogP contribution in [0.25, 0.3) is 11.4 Å². The van der Waals surface area contributed by atoms with Crippen molar-refractivity contribution >= 4 is 35.0 Å². The highest BCUT2D eigenvalue weighted by Crippen LogP contribution is 2.31. The standard InChI is InChI=1S/C26H26Cl2N4O4/c1-2-13-31(24(34)17-35-21-11-9-19(27)10-12-21)16-23(33)32-14-4-3-8-22(32)26-29-25(30-36-26)18-6-5-7-20(28)15-18/h2,5-7,9-12,15,22H,1,3-4,8,13-14,16-17H2. The third-order valence-electron chi connectivity index (χ3n) is 5.84. The van der Waals surface area contributed by atoms with E-state index in [0.717, 1.165) is 18.4 Å². The van der Waals surface area contributed by atoms with Crippen molar-refractivity contribution in [3.05, 3.63) is 77.1 Å². The molecule has 1 unspecified atom stereocenters. The molecule has 10 heteroatoms. The predicted octanol–water partition coefficient (Wildman–Crippen LogP) is 5.19. The van der Waals surface area contributed by atoms with E-state index in [2.05, 4.69) is 16.7 Å². The molecule has 2 heterocycles. The Hall–Kier alpha value is -3.36. The zero-order valence-corrected chi connectivity index (χ0v) is 21.1. The number of rotatable bonds is 9. The number of amides is 2. The molecule has 0 N–H and O–H groups in total. The molecule has 1 fully saturated rings. The Kier molecular flexibility index (Phi) is 8.61. The number of halogens is 2. The van der Waals surface area contributed by atoms with Crippen molar-refractivity contribution in [2.45, 2.75) is 25.3 Å². The molecule has 1 saturated heterocycles. The van der Waals surface area contributed by atoms with Gasteiger partial charge in [0, 0.05) is 28.7 Å². The molecule has 2 aromatic carbocycles. The maximum Gasteiger partial charge on any atom is 0.261 e. The second-order valence-corrected chi connectivity index (χ2v) is 9.24. The van der Waals surface area contributed by atoms with E-state index in [-0.39, 0.29) is 37.6 Å². The highest BCUT2D eigenvalue weighted by molar-refractivity contribution is 6.31. The van der Waals surface area contributed by atoms with Gasteiger partial charge >= 0.3 is 0 Å². The van der Waals surface area contributed by atoms with Crippen molar-refractivity contribution in [1.82, 2.24) is 19.9 Å². The van der Waals surface area contributed by atoms with Gasteiger partial charge in [0.15, 0.2) is 6.61 Å². The lowest BCUT2D eigenvalue weighted by molar-refractivity contribution is -0.143. The molecular weight excluding hydrogens is 503 g/mol. The van der Waals surface area contributed by atoms with Crippen LogP contribution in [0.5, 0.6) is 5.75 Å². The summed E-state index contributed by atoms with van der Waals surface area (Å²) in [4.78, 5) is 33.8. The van der Waals surface area contributed by atoms with E-state index in [9.17, 15) is 9.59 Å². The van der Waals surface area contributed by atoms with Gasteiger partial charge in [-0.15, -0.1) is 6.58 Å². The number of ether oxygens (including phenoxy) is 1. The summed E-state index contributed by atoms with van der Waals surface area (Å²) in [5.41, 5.74) is 0.731. The first kappa shape index (κ1) is 25.7. The Morgan fingerprint density at radius 3 is 2.72 bits per heavy atom. The number of carbonyl (C=O) groups excluding carboxylic acids is 2. The number of aromatic nitrogens is 2. The van der Waals surface area contributed by atoms with Crippen LogP contribution in [-0.2, 0) is 9.59 Å². The zero-order valence-electron chi connectivity index (χ0n) is 19.6. The van der Waals surface area contributed by atoms with Gasteiger partial charge in [-0.05, 0) is 55.7 Å². The molecule has 3 aromatic rings. The second kappa shape index (κ2) is 12.1. The van der Waals surface area contributed by atoms with E-state index < -0.39 is 0 Å². The van der Waals surface area contributed by atoms with Crippen LogP contribution in [0.2, 0.25) is 10.0 Å². The number of benzene rings is 2. The van der Waals surface area contributed by atoms with E-state index in [0.29, 0.717) is 40.5 Å². The van der Waals surface area contributed by atoms with Crippen LogP contribution in [0.15, 0.2) is 65.7 Å². The first-order chi connectivity index (χ1) is 17.4. The van der Waals surface area contributed by atoms with Crippen LogP contribution in [0, 0.1) is 0 Å². The third-order valence-corrected chi connectivity index (χ3v) is 6.32. The van der Waals surface area contributed by atoms with Crippen molar-refractivity contribution in [3.8, 4) is 17.1 Å². The molecular formula is C26H26Cl2N4O4. The van der Waals surface area contributed by atoms with Gasteiger partial charge in [-0.25, -0.2) is 0 Å². The monoisotopic (exact) mass is 528 g/mol. The minimum absolute atomic E-state index is 0.110. The number of hydrogen-bond acceptors (Lipinski definition) is 6. The lowest BCUT2D eigenvalue weighted by Crippen LogP contribution is -2.47. The van der Waals surface area contributed by atoms with Crippen molar-refractivity contribution in [3.63, 3.8) is 0 Å². The fraction of sp³-hybridized carbons (Fsp3) is 0.308. The fourth-order valence-corrected chi connectivity index (χ4v) is 4.35. The van der Waals surface area contributed by atoms with Crippen LogP contribution in [0.4, 0.5) is 0 Å². The van der Waals surface area contributed by atoms with Gasteiger partial charge in [0.2, 0.25) is 17.6 Å². The van der Waals surface area contributed by atoms with Crippen molar-refractivity contribution in [2.75, 3.05) is 26.2 Å². The molecule has 8 nitrogen and oxygen atoms in total. The third kappa shape index (κ3) is 6.44. The Labute approximate surface area is 219 Å². The fourth-order valence-electron chi connectivity index (χ4n) is 4.03. The quantitative estimate of drug-likeness (QED) is 0.355.